The van der Waals surface area contributed by atoms with Gasteiger partial charge in [0.05, 0.1) is 6.04 Å². The smallest absolute Gasteiger partial charge is 0.245 e. The van der Waals surface area contributed by atoms with Crippen molar-refractivity contribution in [3.63, 3.8) is 0 Å². The maximum atomic E-state index is 13.6. The van der Waals surface area contributed by atoms with Crippen LogP contribution in [0.3, 0.4) is 0 Å². The summed E-state index contributed by atoms with van der Waals surface area (Å²) in [4.78, 5) is 45.6. The fraction of sp³-hybridized carbons (Fsp3) is 0.654. The fourth-order valence-electron chi connectivity index (χ4n) is 5.06. The summed E-state index contributed by atoms with van der Waals surface area (Å²) in [6, 6.07) is 9.60. The summed E-state index contributed by atoms with van der Waals surface area (Å²) >= 11 is 0. The van der Waals surface area contributed by atoms with Crippen LogP contribution in [-0.4, -0.2) is 83.8 Å². The number of nitrogens with one attached hydrogen (secondary N) is 1. The summed E-state index contributed by atoms with van der Waals surface area (Å²) in [7, 11) is 0. The zero-order valence-electron chi connectivity index (χ0n) is 20.0. The van der Waals surface area contributed by atoms with Crippen LogP contribution in [0.2, 0.25) is 0 Å². The molecule has 2 heterocycles. The molecule has 1 aliphatic carbocycles. The summed E-state index contributed by atoms with van der Waals surface area (Å²) in [5.41, 5.74) is 1.19. The molecule has 1 aromatic rings. The lowest BCUT2D eigenvalue weighted by molar-refractivity contribution is -0.144. The molecule has 7 heteroatoms. The highest BCUT2D eigenvalue weighted by Crippen LogP contribution is 2.35. The standard InChI is InChI=1S/C26H38N4O3/c1-19(2)24(31)29(15-11-20-7-4-3-5-8-20)22-17-23(30(18-22)25(32)21-9-10-21)26(33)28-14-6-12-27-13-16-28/h3-5,7-8,19,21-23,27H,6,9-18H2,1-2H3. The largest absolute Gasteiger partial charge is 0.340 e. The van der Waals surface area contributed by atoms with Crippen LogP contribution in [0.25, 0.3) is 0 Å². The lowest BCUT2D eigenvalue weighted by Crippen LogP contribution is -2.49. The summed E-state index contributed by atoms with van der Waals surface area (Å²) in [5.74, 6) is 0.184. The number of carbonyl (C=O) groups is 3. The van der Waals surface area contributed by atoms with Crippen LogP contribution < -0.4 is 5.32 Å². The molecule has 4 rings (SSSR count). The molecule has 2 saturated heterocycles. The van der Waals surface area contributed by atoms with E-state index < -0.39 is 6.04 Å². The lowest BCUT2D eigenvalue weighted by atomic mass is 10.0. The number of benzene rings is 1. The van der Waals surface area contributed by atoms with Gasteiger partial charge in [-0.15, -0.1) is 0 Å². The van der Waals surface area contributed by atoms with Crippen molar-refractivity contribution in [1.29, 1.82) is 0 Å². The van der Waals surface area contributed by atoms with Crippen LogP contribution in [0.5, 0.6) is 0 Å². The Morgan fingerprint density at radius 1 is 1.06 bits per heavy atom. The number of rotatable bonds is 7. The van der Waals surface area contributed by atoms with Gasteiger partial charge in [0.15, 0.2) is 0 Å². The van der Waals surface area contributed by atoms with Gasteiger partial charge in [-0.25, -0.2) is 0 Å². The van der Waals surface area contributed by atoms with Crippen LogP contribution in [0.4, 0.5) is 0 Å². The maximum absolute atomic E-state index is 13.6. The minimum atomic E-state index is -0.458. The van der Waals surface area contributed by atoms with E-state index in [-0.39, 0.29) is 35.6 Å². The van der Waals surface area contributed by atoms with Crippen molar-refractivity contribution in [3.05, 3.63) is 35.9 Å². The SMILES string of the molecule is CC(C)C(=O)N(CCc1ccccc1)C1CC(C(=O)N2CCCNCC2)N(C(=O)C2CC2)C1. The predicted octanol–water partition coefficient (Wildman–Crippen LogP) is 1.92. The first-order chi connectivity index (χ1) is 16.0. The Hall–Kier alpha value is -2.41. The third kappa shape index (κ3) is 5.75. The van der Waals surface area contributed by atoms with Crippen molar-refractivity contribution in [2.75, 3.05) is 39.3 Å². The Morgan fingerprint density at radius 3 is 2.52 bits per heavy atom. The average molecular weight is 455 g/mol. The molecule has 1 N–H and O–H groups in total. The van der Waals surface area contributed by atoms with Crippen LogP contribution in [0.1, 0.15) is 45.1 Å². The van der Waals surface area contributed by atoms with Gasteiger partial charge >= 0.3 is 0 Å². The third-order valence-electron chi connectivity index (χ3n) is 7.13. The van der Waals surface area contributed by atoms with Crippen molar-refractivity contribution in [2.24, 2.45) is 11.8 Å². The normalized spacial score (nSPS) is 23.5. The van der Waals surface area contributed by atoms with Crippen molar-refractivity contribution in [2.45, 2.75) is 58.0 Å². The first-order valence-electron chi connectivity index (χ1n) is 12.6. The first-order valence-corrected chi connectivity index (χ1v) is 12.6. The van der Waals surface area contributed by atoms with E-state index >= 15 is 0 Å². The first kappa shape index (κ1) is 23.7. The molecule has 33 heavy (non-hydrogen) atoms. The number of nitrogens with zero attached hydrogens (tertiary/aromatic N) is 3. The van der Waals surface area contributed by atoms with Crippen LogP contribution in [0.15, 0.2) is 30.3 Å². The summed E-state index contributed by atoms with van der Waals surface area (Å²) in [6.07, 6.45) is 4.05. The van der Waals surface area contributed by atoms with E-state index in [1.165, 1.54) is 5.56 Å². The Labute approximate surface area is 197 Å². The third-order valence-corrected chi connectivity index (χ3v) is 7.13. The molecule has 0 radical (unpaired) electrons. The fourth-order valence-corrected chi connectivity index (χ4v) is 5.06. The number of amides is 3. The van der Waals surface area contributed by atoms with Crippen molar-refractivity contribution in [3.8, 4) is 0 Å². The quantitative estimate of drug-likeness (QED) is 0.683. The molecule has 1 aromatic carbocycles. The van der Waals surface area contributed by atoms with Gasteiger partial charge < -0.3 is 20.0 Å². The Kier molecular flexibility index (Phi) is 7.68. The van der Waals surface area contributed by atoms with Crippen molar-refractivity contribution >= 4 is 17.7 Å². The number of carbonyl (C=O) groups excluding carboxylic acids is 3. The Bertz CT molecular complexity index is 831. The average Bonchev–Trinajstić information content (AvgIpc) is 3.62. The molecular weight excluding hydrogens is 416 g/mol. The number of hydrogen-bond acceptors (Lipinski definition) is 4. The number of likely N-dealkylation sites (tertiary alicyclic amines) is 1. The summed E-state index contributed by atoms with van der Waals surface area (Å²) in [5, 5.41) is 3.34. The van der Waals surface area contributed by atoms with E-state index in [9.17, 15) is 14.4 Å². The van der Waals surface area contributed by atoms with Crippen LogP contribution in [-0.2, 0) is 20.8 Å². The predicted molar refractivity (Wildman–Crippen MR) is 127 cm³/mol. The van der Waals surface area contributed by atoms with Crippen molar-refractivity contribution < 1.29 is 14.4 Å². The van der Waals surface area contributed by atoms with E-state index in [0.717, 1.165) is 45.3 Å². The second-order valence-electron chi connectivity index (χ2n) is 10.0. The molecule has 2 atom stereocenters. The van der Waals surface area contributed by atoms with Crippen LogP contribution in [0, 0.1) is 11.8 Å². The zero-order chi connectivity index (χ0) is 23.4. The van der Waals surface area contributed by atoms with Crippen LogP contribution >= 0.6 is 0 Å². The summed E-state index contributed by atoms with van der Waals surface area (Å²) in [6.45, 7) is 8.01. The van der Waals surface area contributed by atoms with E-state index in [4.69, 9.17) is 0 Å². The molecule has 0 bridgehead atoms. The van der Waals surface area contributed by atoms with Gasteiger partial charge in [0.2, 0.25) is 17.7 Å². The second-order valence-corrected chi connectivity index (χ2v) is 10.0. The molecule has 2 aliphatic heterocycles. The zero-order valence-corrected chi connectivity index (χ0v) is 20.0. The van der Waals surface area contributed by atoms with Gasteiger partial charge in [0.1, 0.15) is 6.04 Å². The molecular formula is C26H38N4O3. The van der Waals surface area contributed by atoms with Gasteiger partial charge in [0, 0.05) is 44.6 Å². The highest BCUT2D eigenvalue weighted by atomic mass is 16.2. The van der Waals surface area contributed by atoms with Gasteiger partial charge in [0.25, 0.3) is 0 Å². The molecule has 3 amide bonds. The lowest BCUT2D eigenvalue weighted by Gasteiger charge is -2.31. The molecule has 0 aromatic heterocycles. The maximum Gasteiger partial charge on any atom is 0.245 e. The minimum Gasteiger partial charge on any atom is -0.340 e. The van der Waals surface area contributed by atoms with E-state index in [1.807, 2.05) is 46.7 Å². The Morgan fingerprint density at radius 2 is 1.82 bits per heavy atom. The van der Waals surface area contributed by atoms with Crippen molar-refractivity contribution in [1.82, 2.24) is 20.0 Å². The highest BCUT2D eigenvalue weighted by Gasteiger charge is 2.47. The molecule has 7 nitrogen and oxygen atoms in total. The summed E-state index contributed by atoms with van der Waals surface area (Å²) < 4.78 is 0. The van der Waals surface area contributed by atoms with E-state index in [0.29, 0.717) is 26.1 Å². The highest BCUT2D eigenvalue weighted by molar-refractivity contribution is 5.90. The number of hydrogen-bond donors (Lipinski definition) is 1. The van der Waals surface area contributed by atoms with E-state index in [1.54, 1.807) is 0 Å². The second kappa shape index (κ2) is 10.7. The monoisotopic (exact) mass is 454 g/mol. The topological polar surface area (TPSA) is 73.0 Å². The molecule has 0 spiro atoms. The molecule has 1 saturated carbocycles. The molecule has 3 aliphatic rings. The molecule has 180 valence electrons. The molecule has 2 unspecified atom stereocenters. The van der Waals surface area contributed by atoms with Gasteiger partial charge in [-0.1, -0.05) is 44.2 Å². The van der Waals surface area contributed by atoms with E-state index in [2.05, 4.69) is 17.4 Å². The van der Waals surface area contributed by atoms with Gasteiger partial charge in [-0.3, -0.25) is 14.4 Å². The Balaban J connectivity index is 1.53. The van der Waals surface area contributed by atoms with Gasteiger partial charge in [-0.2, -0.15) is 0 Å². The molecule has 3 fully saturated rings. The minimum absolute atomic E-state index is 0.0511. The van der Waals surface area contributed by atoms with Gasteiger partial charge in [-0.05, 0) is 44.2 Å².